The van der Waals surface area contributed by atoms with Crippen LogP contribution in [0.3, 0.4) is 0 Å². The lowest BCUT2D eigenvalue weighted by molar-refractivity contribution is -0.192. The molecule has 0 radical (unpaired) electrons. The van der Waals surface area contributed by atoms with E-state index in [1.54, 1.807) is 14.2 Å². The quantitative estimate of drug-likeness (QED) is 0.636. The van der Waals surface area contributed by atoms with E-state index in [1.165, 1.54) is 0 Å². The first-order valence-corrected chi connectivity index (χ1v) is 7.99. The Morgan fingerprint density at radius 3 is 1.86 bits per heavy atom. The van der Waals surface area contributed by atoms with Gasteiger partial charge < -0.3 is 4.84 Å². The standard InChI is InChI=1S/C18H32N2O2/c1-8-19(21-6)17(2,3)14-15-18(4,5)20(22-7)16-12-10-9-11-13-16/h9-13H,8,14-15H2,1-7H3. The first kappa shape index (κ1) is 18.9. The van der Waals surface area contributed by atoms with Crippen LogP contribution >= 0.6 is 0 Å². The van der Waals surface area contributed by atoms with Crippen molar-refractivity contribution in [3.8, 4) is 0 Å². The second-order valence-corrected chi connectivity index (χ2v) is 6.81. The van der Waals surface area contributed by atoms with Crippen molar-refractivity contribution in [2.45, 2.75) is 58.5 Å². The molecule has 0 aromatic heterocycles. The molecular weight excluding hydrogens is 276 g/mol. The molecule has 1 aromatic rings. The summed E-state index contributed by atoms with van der Waals surface area (Å²) in [6, 6.07) is 10.2. The van der Waals surface area contributed by atoms with Gasteiger partial charge in [-0.25, -0.2) is 5.06 Å². The summed E-state index contributed by atoms with van der Waals surface area (Å²) in [7, 11) is 3.47. The maximum atomic E-state index is 5.67. The number of rotatable bonds is 9. The molecule has 0 saturated carbocycles. The molecule has 0 aliphatic carbocycles. The minimum atomic E-state index is -0.111. The van der Waals surface area contributed by atoms with Gasteiger partial charge in [-0.15, -0.1) is 0 Å². The normalized spacial score (nSPS) is 12.7. The predicted molar refractivity (Wildman–Crippen MR) is 92.7 cm³/mol. The lowest BCUT2D eigenvalue weighted by atomic mass is 9.88. The van der Waals surface area contributed by atoms with Crippen LogP contribution in [-0.2, 0) is 9.68 Å². The minimum absolute atomic E-state index is 0.0170. The lowest BCUT2D eigenvalue weighted by Gasteiger charge is -2.42. The van der Waals surface area contributed by atoms with Crippen LogP contribution in [0.25, 0.3) is 0 Å². The molecule has 4 heteroatoms. The van der Waals surface area contributed by atoms with Gasteiger partial charge in [-0.1, -0.05) is 25.1 Å². The molecule has 0 aliphatic heterocycles. The summed E-state index contributed by atoms with van der Waals surface area (Å²) < 4.78 is 0. The van der Waals surface area contributed by atoms with Gasteiger partial charge in [0.15, 0.2) is 0 Å². The largest absolute Gasteiger partial charge is 0.302 e. The van der Waals surface area contributed by atoms with Gasteiger partial charge in [0.05, 0.1) is 25.4 Å². The Morgan fingerprint density at radius 1 is 0.864 bits per heavy atom. The topological polar surface area (TPSA) is 24.9 Å². The van der Waals surface area contributed by atoms with E-state index in [0.29, 0.717) is 0 Å². The number of anilines is 1. The van der Waals surface area contributed by atoms with Gasteiger partial charge in [0.25, 0.3) is 0 Å². The molecule has 0 fully saturated rings. The zero-order valence-corrected chi connectivity index (χ0v) is 15.2. The van der Waals surface area contributed by atoms with Crippen LogP contribution < -0.4 is 5.06 Å². The van der Waals surface area contributed by atoms with Crippen LogP contribution in [0, 0.1) is 0 Å². The summed E-state index contributed by atoms with van der Waals surface area (Å²) in [4.78, 5) is 11.2. The lowest BCUT2D eigenvalue weighted by Crippen LogP contribution is -2.48. The second kappa shape index (κ2) is 7.95. The summed E-state index contributed by atoms with van der Waals surface area (Å²) in [5, 5.41) is 4.02. The zero-order chi connectivity index (χ0) is 16.8. The van der Waals surface area contributed by atoms with Gasteiger partial charge >= 0.3 is 0 Å². The summed E-state index contributed by atoms with van der Waals surface area (Å²) in [6.45, 7) is 11.8. The molecule has 0 spiro atoms. The highest BCUT2D eigenvalue weighted by Gasteiger charge is 2.33. The second-order valence-electron chi connectivity index (χ2n) is 6.81. The van der Waals surface area contributed by atoms with E-state index in [4.69, 9.17) is 9.68 Å². The van der Waals surface area contributed by atoms with Crippen molar-refractivity contribution in [2.75, 3.05) is 25.8 Å². The van der Waals surface area contributed by atoms with E-state index in [0.717, 1.165) is 25.1 Å². The molecule has 126 valence electrons. The Kier molecular flexibility index (Phi) is 6.85. The predicted octanol–water partition coefficient (Wildman–Crippen LogP) is 4.28. The third-order valence-electron chi connectivity index (χ3n) is 4.25. The summed E-state index contributed by atoms with van der Waals surface area (Å²) in [5.41, 5.74) is 0.948. The Labute approximate surface area is 135 Å². The van der Waals surface area contributed by atoms with E-state index < -0.39 is 0 Å². The Morgan fingerprint density at radius 2 is 1.41 bits per heavy atom. The molecule has 0 atom stereocenters. The highest BCUT2D eigenvalue weighted by molar-refractivity contribution is 5.45. The van der Waals surface area contributed by atoms with Crippen LogP contribution in [0.5, 0.6) is 0 Å². The molecule has 0 saturated heterocycles. The molecule has 1 aromatic carbocycles. The van der Waals surface area contributed by atoms with Gasteiger partial charge in [0, 0.05) is 12.1 Å². The molecule has 1 rings (SSSR count). The maximum absolute atomic E-state index is 5.67. The van der Waals surface area contributed by atoms with Gasteiger partial charge in [-0.2, -0.15) is 5.06 Å². The number of hydroxylamine groups is 3. The molecule has 0 amide bonds. The fraction of sp³-hybridized carbons (Fsp3) is 0.667. The molecule has 4 nitrogen and oxygen atoms in total. The third kappa shape index (κ3) is 4.70. The Hall–Kier alpha value is -1.10. The average molecular weight is 308 g/mol. The van der Waals surface area contributed by atoms with Crippen LogP contribution in [0.15, 0.2) is 30.3 Å². The van der Waals surface area contributed by atoms with Gasteiger partial charge in [-0.05, 0) is 52.7 Å². The van der Waals surface area contributed by atoms with Crippen molar-refractivity contribution >= 4 is 5.69 Å². The molecule has 0 bridgehead atoms. The monoisotopic (exact) mass is 308 g/mol. The number of hydrogen-bond donors (Lipinski definition) is 0. The van der Waals surface area contributed by atoms with E-state index in [2.05, 4.69) is 46.8 Å². The fourth-order valence-electron chi connectivity index (χ4n) is 2.91. The number of para-hydroxylation sites is 1. The van der Waals surface area contributed by atoms with Crippen LogP contribution in [0.2, 0.25) is 0 Å². The van der Waals surface area contributed by atoms with Crippen LogP contribution in [-0.4, -0.2) is 36.9 Å². The molecule has 0 aliphatic rings. The molecular formula is C18H32N2O2. The van der Waals surface area contributed by atoms with Gasteiger partial charge in [0.1, 0.15) is 0 Å². The van der Waals surface area contributed by atoms with Crippen LogP contribution in [0.4, 0.5) is 5.69 Å². The highest BCUT2D eigenvalue weighted by atomic mass is 16.7. The third-order valence-corrected chi connectivity index (χ3v) is 4.25. The van der Waals surface area contributed by atoms with Crippen molar-refractivity contribution in [1.82, 2.24) is 5.06 Å². The molecule has 22 heavy (non-hydrogen) atoms. The SMILES string of the molecule is CCN(OC)C(C)(C)CCC(C)(C)N(OC)c1ccccc1. The smallest absolute Gasteiger partial charge is 0.0642 e. The maximum Gasteiger partial charge on any atom is 0.0642 e. The van der Waals surface area contributed by atoms with Crippen molar-refractivity contribution in [3.05, 3.63) is 30.3 Å². The zero-order valence-electron chi connectivity index (χ0n) is 15.2. The van der Waals surface area contributed by atoms with Crippen LogP contribution in [0.1, 0.15) is 47.5 Å². The van der Waals surface area contributed by atoms with Crippen molar-refractivity contribution in [3.63, 3.8) is 0 Å². The van der Waals surface area contributed by atoms with E-state index in [1.807, 2.05) is 28.3 Å². The fourth-order valence-corrected chi connectivity index (χ4v) is 2.91. The summed E-state index contributed by atoms with van der Waals surface area (Å²) in [5.74, 6) is 0. The molecule has 0 heterocycles. The Balaban J connectivity index is 2.81. The summed E-state index contributed by atoms with van der Waals surface area (Å²) in [6.07, 6.45) is 2.00. The highest BCUT2D eigenvalue weighted by Crippen LogP contribution is 2.31. The van der Waals surface area contributed by atoms with Gasteiger partial charge in [-0.3, -0.25) is 4.84 Å². The molecule has 0 unspecified atom stereocenters. The van der Waals surface area contributed by atoms with E-state index in [-0.39, 0.29) is 11.1 Å². The first-order chi connectivity index (χ1) is 10.3. The van der Waals surface area contributed by atoms with E-state index in [9.17, 15) is 0 Å². The van der Waals surface area contributed by atoms with Gasteiger partial charge in [0.2, 0.25) is 0 Å². The van der Waals surface area contributed by atoms with Crippen molar-refractivity contribution < 1.29 is 9.68 Å². The molecule has 0 N–H and O–H groups in total. The average Bonchev–Trinajstić information content (AvgIpc) is 2.48. The summed E-state index contributed by atoms with van der Waals surface area (Å²) >= 11 is 0. The first-order valence-electron chi connectivity index (χ1n) is 7.99. The van der Waals surface area contributed by atoms with Crippen molar-refractivity contribution in [2.24, 2.45) is 0 Å². The van der Waals surface area contributed by atoms with Crippen molar-refractivity contribution in [1.29, 1.82) is 0 Å². The number of hydrogen-bond acceptors (Lipinski definition) is 4. The Bertz CT molecular complexity index is 428. The number of benzene rings is 1. The van der Waals surface area contributed by atoms with E-state index >= 15 is 0 Å². The minimum Gasteiger partial charge on any atom is -0.302 e. The number of nitrogens with zero attached hydrogens (tertiary/aromatic N) is 2.